The molecule has 1 aromatic heterocycles. The van der Waals surface area contributed by atoms with Gasteiger partial charge in [0, 0.05) is 36.4 Å². The molecule has 3 aromatic carbocycles. The van der Waals surface area contributed by atoms with Gasteiger partial charge >= 0.3 is 5.97 Å². The van der Waals surface area contributed by atoms with Crippen molar-refractivity contribution in [3.63, 3.8) is 0 Å². The quantitative estimate of drug-likeness (QED) is 0.128. The van der Waals surface area contributed by atoms with Crippen LogP contribution in [0.2, 0.25) is 0 Å². The molecule has 0 spiro atoms. The first-order valence-electron chi connectivity index (χ1n) is 15.2. The van der Waals surface area contributed by atoms with Gasteiger partial charge in [-0.2, -0.15) is 0 Å². The molecule has 0 radical (unpaired) electrons. The van der Waals surface area contributed by atoms with E-state index in [0.29, 0.717) is 18.0 Å². The number of aromatic nitrogens is 2. The van der Waals surface area contributed by atoms with Crippen LogP contribution in [0.1, 0.15) is 56.6 Å². The molecule has 8 heteroatoms. The van der Waals surface area contributed by atoms with Crippen LogP contribution in [0.25, 0.3) is 22.5 Å². The van der Waals surface area contributed by atoms with Crippen molar-refractivity contribution >= 4 is 11.9 Å². The van der Waals surface area contributed by atoms with Gasteiger partial charge in [-0.3, -0.25) is 4.79 Å². The zero-order chi connectivity index (χ0) is 31.1. The molecule has 0 saturated heterocycles. The van der Waals surface area contributed by atoms with Gasteiger partial charge in [0.05, 0.1) is 13.7 Å². The smallest absolute Gasteiger partial charge is 0.326 e. The second-order valence-electron chi connectivity index (χ2n) is 10.8. The van der Waals surface area contributed by atoms with Gasteiger partial charge in [0.15, 0.2) is 5.82 Å². The third-order valence-electron chi connectivity index (χ3n) is 7.44. The summed E-state index contributed by atoms with van der Waals surface area (Å²) < 4.78 is 11.0. The normalized spacial score (nSPS) is 11.5. The van der Waals surface area contributed by atoms with Gasteiger partial charge in [0.25, 0.3) is 0 Å². The molecular weight excluding hydrogens is 554 g/mol. The topological polar surface area (TPSA) is 111 Å². The lowest BCUT2D eigenvalue weighted by Crippen LogP contribution is -2.42. The summed E-state index contributed by atoms with van der Waals surface area (Å²) in [5, 5.41) is 12.2. The lowest BCUT2D eigenvalue weighted by atomic mass is 10.0. The maximum absolute atomic E-state index is 12.5. The summed E-state index contributed by atoms with van der Waals surface area (Å²) in [6.45, 7) is 2.96. The van der Waals surface area contributed by atoms with E-state index in [1.165, 1.54) is 25.7 Å². The third-order valence-corrected chi connectivity index (χ3v) is 7.44. The number of rotatable bonds is 17. The second kappa shape index (κ2) is 16.8. The number of carbonyl (C=O) groups excluding carboxylic acids is 1. The monoisotopic (exact) mass is 595 g/mol. The second-order valence-corrected chi connectivity index (χ2v) is 10.8. The van der Waals surface area contributed by atoms with Crippen LogP contribution in [0, 0.1) is 0 Å². The van der Waals surface area contributed by atoms with Crippen LogP contribution >= 0.6 is 0 Å². The molecule has 1 unspecified atom stereocenters. The number of nitrogens with zero attached hydrogens (tertiary/aromatic N) is 2. The predicted octanol–water partition coefficient (Wildman–Crippen LogP) is 6.91. The van der Waals surface area contributed by atoms with E-state index in [1.54, 1.807) is 31.4 Å². The average molecular weight is 596 g/mol. The number of carboxylic acids is 1. The van der Waals surface area contributed by atoms with Gasteiger partial charge in [-0.05, 0) is 53.8 Å². The minimum atomic E-state index is -1.07. The Morgan fingerprint density at radius 2 is 1.39 bits per heavy atom. The van der Waals surface area contributed by atoms with E-state index in [0.717, 1.165) is 46.6 Å². The number of aliphatic carboxylic acids is 1. The van der Waals surface area contributed by atoms with Gasteiger partial charge in [-0.1, -0.05) is 81.1 Å². The van der Waals surface area contributed by atoms with Gasteiger partial charge in [0.2, 0.25) is 5.91 Å². The summed E-state index contributed by atoms with van der Waals surface area (Å²) in [4.78, 5) is 33.4. The minimum Gasteiger partial charge on any atom is -0.497 e. The lowest BCUT2D eigenvalue weighted by Gasteiger charge is -2.15. The summed E-state index contributed by atoms with van der Waals surface area (Å²) in [5.74, 6) is 0.795. The van der Waals surface area contributed by atoms with Crippen LogP contribution < -0.4 is 14.8 Å². The molecule has 1 amide bonds. The first-order chi connectivity index (χ1) is 21.4. The molecule has 0 fully saturated rings. The van der Waals surface area contributed by atoms with Crippen molar-refractivity contribution < 1.29 is 24.2 Å². The molecule has 1 atom stereocenters. The number of methoxy groups -OCH3 is 1. The van der Waals surface area contributed by atoms with Crippen molar-refractivity contribution in [1.82, 2.24) is 15.3 Å². The molecule has 1 heterocycles. The molecule has 0 aliphatic heterocycles. The number of amides is 1. The van der Waals surface area contributed by atoms with Crippen molar-refractivity contribution in [2.24, 2.45) is 0 Å². The maximum atomic E-state index is 12.5. The Morgan fingerprint density at radius 3 is 2.02 bits per heavy atom. The number of carboxylic acid groups (broad SMARTS) is 1. The third kappa shape index (κ3) is 9.93. The lowest BCUT2D eigenvalue weighted by molar-refractivity contribution is -0.141. The molecule has 2 N–H and O–H groups in total. The fourth-order valence-electron chi connectivity index (χ4n) is 4.81. The largest absolute Gasteiger partial charge is 0.497 e. The number of nitrogens with one attached hydrogen (secondary N) is 1. The Morgan fingerprint density at radius 1 is 0.773 bits per heavy atom. The number of aryl methyl sites for hydroxylation is 1. The Balaban J connectivity index is 1.24. The molecule has 0 aliphatic carbocycles. The molecular formula is C36H41N3O5. The standard InChI is InChI=1S/C36H41N3O5/c1-3-4-5-6-7-22-44-32-19-15-28(16-20-32)30-24-37-35(38-25-30)29-13-8-26(9-14-29)12-21-34(40)39-33(36(41)42)23-27-10-17-31(43-2)18-11-27/h8-11,13-20,24-25,33H,3-7,12,21-23H2,1-2H3,(H,39,40)(H,41,42). The highest BCUT2D eigenvalue weighted by atomic mass is 16.5. The summed E-state index contributed by atoms with van der Waals surface area (Å²) in [6.07, 6.45) is 10.6. The Hall–Kier alpha value is -4.72. The van der Waals surface area contributed by atoms with Crippen molar-refractivity contribution in [2.45, 2.75) is 64.3 Å². The molecule has 8 nitrogen and oxygen atoms in total. The summed E-state index contributed by atoms with van der Waals surface area (Å²) in [6, 6.07) is 21.9. The zero-order valence-corrected chi connectivity index (χ0v) is 25.5. The fraction of sp³-hybridized carbons (Fsp3) is 0.333. The van der Waals surface area contributed by atoms with Gasteiger partial charge in [0.1, 0.15) is 17.5 Å². The summed E-state index contributed by atoms with van der Waals surface area (Å²) in [5.41, 5.74) is 4.59. The van der Waals surface area contributed by atoms with Crippen molar-refractivity contribution in [3.05, 3.63) is 96.3 Å². The van der Waals surface area contributed by atoms with Crippen LogP contribution in [0.5, 0.6) is 11.5 Å². The number of benzene rings is 3. The molecule has 0 aliphatic rings. The molecule has 0 bridgehead atoms. The molecule has 44 heavy (non-hydrogen) atoms. The van der Waals surface area contributed by atoms with E-state index in [1.807, 2.05) is 60.9 Å². The SMILES string of the molecule is CCCCCCCOc1ccc(-c2cnc(-c3ccc(CCC(=O)NC(Cc4ccc(OC)cc4)C(=O)O)cc3)nc2)cc1. The maximum Gasteiger partial charge on any atom is 0.326 e. The van der Waals surface area contributed by atoms with Gasteiger partial charge in [-0.15, -0.1) is 0 Å². The van der Waals surface area contributed by atoms with Crippen LogP contribution in [0.4, 0.5) is 0 Å². The minimum absolute atomic E-state index is 0.180. The van der Waals surface area contributed by atoms with Crippen LogP contribution in [-0.2, 0) is 22.4 Å². The van der Waals surface area contributed by atoms with Gasteiger partial charge in [-0.25, -0.2) is 14.8 Å². The number of unbranched alkanes of at least 4 members (excludes halogenated alkanes) is 4. The Kier molecular flexibility index (Phi) is 12.3. The summed E-state index contributed by atoms with van der Waals surface area (Å²) >= 11 is 0. The number of carbonyl (C=O) groups is 2. The molecule has 0 saturated carbocycles. The highest BCUT2D eigenvalue weighted by Crippen LogP contribution is 2.24. The number of ether oxygens (including phenoxy) is 2. The van der Waals surface area contributed by atoms with Crippen LogP contribution in [0.15, 0.2) is 85.2 Å². The van der Waals surface area contributed by atoms with Crippen LogP contribution in [0.3, 0.4) is 0 Å². The first-order valence-corrected chi connectivity index (χ1v) is 15.2. The van der Waals surface area contributed by atoms with E-state index in [4.69, 9.17) is 9.47 Å². The Labute approximate surface area is 259 Å². The molecule has 4 aromatic rings. The van der Waals surface area contributed by atoms with E-state index in [-0.39, 0.29) is 18.7 Å². The highest BCUT2D eigenvalue weighted by molar-refractivity contribution is 5.83. The molecule has 4 rings (SSSR count). The van der Waals surface area contributed by atoms with E-state index in [2.05, 4.69) is 22.2 Å². The van der Waals surface area contributed by atoms with E-state index >= 15 is 0 Å². The number of hydrogen-bond donors (Lipinski definition) is 2. The first kappa shape index (κ1) is 32.2. The van der Waals surface area contributed by atoms with Crippen molar-refractivity contribution in [1.29, 1.82) is 0 Å². The Bertz CT molecular complexity index is 1450. The average Bonchev–Trinajstić information content (AvgIpc) is 3.06. The number of hydrogen-bond acceptors (Lipinski definition) is 6. The van der Waals surface area contributed by atoms with Crippen LogP contribution in [-0.4, -0.2) is 46.7 Å². The summed E-state index contributed by atoms with van der Waals surface area (Å²) in [7, 11) is 1.57. The fourth-order valence-corrected chi connectivity index (χ4v) is 4.81. The predicted molar refractivity (Wildman–Crippen MR) is 172 cm³/mol. The van der Waals surface area contributed by atoms with Crippen molar-refractivity contribution in [2.75, 3.05) is 13.7 Å². The van der Waals surface area contributed by atoms with E-state index in [9.17, 15) is 14.7 Å². The zero-order valence-electron chi connectivity index (χ0n) is 25.5. The van der Waals surface area contributed by atoms with Crippen molar-refractivity contribution in [3.8, 4) is 34.0 Å². The molecule has 230 valence electrons. The highest BCUT2D eigenvalue weighted by Gasteiger charge is 2.20. The van der Waals surface area contributed by atoms with E-state index < -0.39 is 12.0 Å². The van der Waals surface area contributed by atoms with Gasteiger partial charge < -0.3 is 19.9 Å².